The van der Waals surface area contributed by atoms with Crippen molar-refractivity contribution in [2.45, 2.75) is 40.3 Å². The number of aryl methyl sites for hydroxylation is 1. The molecule has 102 valence electrons. The van der Waals surface area contributed by atoms with E-state index in [1.54, 1.807) is 0 Å². The van der Waals surface area contributed by atoms with E-state index in [-0.39, 0.29) is 5.91 Å². The SMILES string of the molecule is CCCn1cccc1CNCC(=O)N(CC)CC. The van der Waals surface area contributed by atoms with Crippen molar-refractivity contribution >= 4 is 5.91 Å². The summed E-state index contributed by atoms with van der Waals surface area (Å²) in [5.74, 6) is 0.175. The van der Waals surface area contributed by atoms with E-state index in [4.69, 9.17) is 0 Å². The van der Waals surface area contributed by atoms with Crippen LogP contribution in [-0.2, 0) is 17.9 Å². The first kappa shape index (κ1) is 14.8. The second-order valence-corrected chi connectivity index (χ2v) is 4.36. The lowest BCUT2D eigenvalue weighted by atomic mass is 10.4. The maximum atomic E-state index is 11.8. The van der Waals surface area contributed by atoms with Crippen molar-refractivity contribution in [1.29, 1.82) is 0 Å². The summed E-state index contributed by atoms with van der Waals surface area (Å²) in [5, 5.41) is 3.22. The highest BCUT2D eigenvalue weighted by Crippen LogP contribution is 2.03. The van der Waals surface area contributed by atoms with Crippen molar-refractivity contribution in [3.63, 3.8) is 0 Å². The van der Waals surface area contributed by atoms with E-state index in [1.165, 1.54) is 5.69 Å². The minimum Gasteiger partial charge on any atom is -0.350 e. The fourth-order valence-corrected chi connectivity index (χ4v) is 2.05. The quantitative estimate of drug-likeness (QED) is 0.765. The first-order valence-electron chi connectivity index (χ1n) is 6.85. The van der Waals surface area contributed by atoms with Gasteiger partial charge in [-0.3, -0.25) is 4.79 Å². The van der Waals surface area contributed by atoms with Crippen LogP contribution < -0.4 is 5.32 Å². The zero-order valence-corrected chi connectivity index (χ0v) is 11.8. The Bertz CT molecular complexity index is 356. The number of hydrogen-bond acceptors (Lipinski definition) is 2. The summed E-state index contributed by atoms with van der Waals surface area (Å²) >= 11 is 0. The lowest BCUT2D eigenvalue weighted by Crippen LogP contribution is -2.37. The van der Waals surface area contributed by atoms with Crippen LogP contribution in [0.5, 0.6) is 0 Å². The van der Waals surface area contributed by atoms with E-state index in [2.05, 4.69) is 35.1 Å². The lowest BCUT2D eigenvalue weighted by molar-refractivity contribution is -0.129. The Balaban J connectivity index is 2.37. The molecule has 0 unspecified atom stereocenters. The molecule has 0 fully saturated rings. The van der Waals surface area contributed by atoms with Gasteiger partial charge in [0, 0.05) is 38.1 Å². The summed E-state index contributed by atoms with van der Waals surface area (Å²) in [6.07, 6.45) is 3.22. The summed E-state index contributed by atoms with van der Waals surface area (Å²) < 4.78 is 2.23. The highest BCUT2D eigenvalue weighted by atomic mass is 16.2. The Morgan fingerprint density at radius 3 is 2.67 bits per heavy atom. The van der Waals surface area contributed by atoms with Gasteiger partial charge in [0.25, 0.3) is 0 Å². The summed E-state index contributed by atoms with van der Waals surface area (Å²) in [5.41, 5.74) is 1.24. The Morgan fingerprint density at radius 1 is 1.33 bits per heavy atom. The van der Waals surface area contributed by atoms with Crippen molar-refractivity contribution in [3.05, 3.63) is 24.0 Å². The Kier molecular flexibility index (Phi) is 6.50. The van der Waals surface area contributed by atoms with Gasteiger partial charge in [0.2, 0.25) is 5.91 Å². The van der Waals surface area contributed by atoms with Gasteiger partial charge < -0.3 is 14.8 Å². The molecular weight excluding hydrogens is 226 g/mol. The average Bonchev–Trinajstić information content (AvgIpc) is 2.79. The van der Waals surface area contributed by atoms with Crippen LogP contribution in [0.2, 0.25) is 0 Å². The highest BCUT2D eigenvalue weighted by Gasteiger charge is 2.08. The third-order valence-electron chi connectivity index (χ3n) is 3.09. The number of likely N-dealkylation sites (N-methyl/N-ethyl adjacent to an activating group) is 1. The van der Waals surface area contributed by atoms with Crippen LogP contribution in [0.15, 0.2) is 18.3 Å². The second-order valence-electron chi connectivity index (χ2n) is 4.36. The van der Waals surface area contributed by atoms with Gasteiger partial charge >= 0.3 is 0 Å². The van der Waals surface area contributed by atoms with Crippen LogP contribution in [0.1, 0.15) is 32.9 Å². The smallest absolute Gasteiger partial charge is 0.236 e. The molecule has 0 aliphatic heterocycles. The molecule has 0 radical (unpaired) electrons. The Labute approximate surface area is 110 Å². The third-order valence-corrected chi connectivity index (χ3v) is 3.09. The predicted molar refractivity (Wildman–Crippen MR) is 74.4 cm³/mol. The van der Waals surface area contributed by atoms with Gasteiger partial charge in [0.05, 0.1) is 6.54 Å². The molecule has 4 nitrogen and oxygen atoms in total. The maximum Gasteiger partial charge on any atom is 0.236 e. The molecule has 0 aliphatic rings. The van der Waals surface area contributed by atoms with Crippen LogP contribution in [0, 0.1) is 0 Å². The van der Waals surface area contributed by atoms with Crippen LogP contribution in [0.4, 0.5) is 0 Å². The van der Waals surface area contributed by atoms with E-state index >= 15 is 0 Å². The van der Waals surface area contributed by atoms with E-state index in [0.29, 0.717) is 6.54 Å². The summed E-state index contributed by atoms with van der Waals surface area (Å²) in [4.78, 5) is 13.6. The van der Waals surface area contributed by atoms with Crippen molar-refractivity contribution in [2.24, 2.45) is 0 Å². The monoisotopic (exact) mass is 251 g/mol. The topological polar surface area (TPSA) is 37.3 Å². The molecule has 0 aliphatic carbocycles. The molecule has 1 rings (SSSR count). The fraction of sp³-hybridized carbons (Fsp3) is 0.643. The van der Waals surface area contributed by atoms with Gasteiger partial charge in [0.1, 0.15) is 0 Å². The zero-order chi connectivity index (χ0) is 13.4. The zero-order valence-electron chi connectivity index (χ0n) is 11.8. The molecule has 0 saturated carbocycles. The molecule has 4 heteroatoms. The molecule has 1 aromatic heterocycles. The number of nitrogens with one attached hydrogen (secondary N) is 1. The first-order valence-corrected chi connectivity index (χ1v) is 6.85. The lowest BCUT2D eigenvalue weighted by Gasteiger charge is -2.19. The molecule has 0 atom stereocenters. The minimum atomic E-state index is 0.175. The van der Waals surface area contributed by atoms with Crippen molar-refractivity contribution in [3.8, 4) is 0 Å². The van der Waals surface area contributed by atoms with Gasteiger partial charge in [-0.15, -0.1) is 0 Å². The van der Waals surface area contributed by atoms with Gasteiger partial charge in [-0.25, -0.2) is 0 Å². The van der Waals surface area contributed by atoms with E-state index in [9.17, 15) is 4.79 Å². The molecular formula is C14H25N3O. The largest absolute Gasteiger partial charge is 0.350 e. The minimum absolute atomic E-state index is 0.175. The van der Waals surface area contributed by atoms with E-state index in [1.807, 2.05) is 18.7 Å². The molecule has 0 saturated heterocycles. The first-order chi connectivity index (χ1) is 8.72. The number of nitrogens with zero attached hydrogens (tertiary/aromatic N) is 2. The van der Waals surface area contributed by atoms with Gasteiger partial charge in [-0.05, 0) is 32.4 Å². The molecule has 0 spiro atoms. The molecule has 0 bridgehead atoms. The molecule has 1 aromatic rings. The predicted octanol–water partition coefficient (Wildman–Crippen LogP) is 1.86. The number of rotatable bonds is 8. The third kappa shape index (κ3) is 4.18. The van der Waals surface area contributed by atoms with Crippen molar-refractivity contribution in [2.75, 3.05) is 19.6 Å². The molecule has 1 amide bonds. The number of hydrogen-bond donors (Lipinski definition) is 1. The number of carbonyl (C=O) groups is 1. The van der Waals surface area contributed by atoms with Gasteiger partial charge in [0.15, 0.2) is 0 Å². The molecule has 18 heavy (non-hydrogen) atoms. The van der Waals surface area contributed by atoms with Crippen LogP contribution >= 0.6 is 0 Å². The van der Waals surface area contributed by atoms with Crippen molar-refractivity contribution < 1.29 is 4.79 Å². The Hall–Kier alpha value is -1.29. The average molecular weight is 251 g/mol. The van der Waals surface area contributed by atoms with Gasteiger partial charge in [-0.2, -0.15) is 0 Å². The molecule has 0 aromatic carbocycles. The van der Waals surface area contributed by atoms with Gasteiger partial charge in [-0.1, -0.05) is 6.92 Å². The Morgan fingerprint density at radius 2 is 2.06 bits per heavy atom. The van der Waals surface area contributed by atoms with E-state index < -0.39 is 0 Å². The van der Waals surface area contributed by atoms with Crippen molar-refractivity contribution in [1.82, 2.24) is 14.8 Å². The standard InChI is InChI=1S/C14H25N3O/c1-4-9-17-10-7-8-13(17)11-15-12-14(18)16(5-2)6-3/h7-8,10,15H,4-6,9,11-12H2,1-3H3. The summed E-state index contributed by atoms with van der Waals surface area (Å²) in [7, 11) is 0. The number of aromatic nitrogens is 1. The van der Waals surface area contributed by atoms with E-state index in [0.717, 1.165) is 32.6 Å². The highest BCUT2D eigenvalue weighted by molar-refractivity contribution is 5.78. The molecule has 1 N–H and O–H groups in total. The number of amides is 1. The number of carbonyl (C=O) groups excluding carboxylic acids is 1. The van der Waals surface area contributed by atoms with Crippen LogP contribution in [0.25, 0.3) is 0 Å². The second kappa shape index (κ2) is 7.93. The van der Waals surface area contributed by atoms with Crippen LogP contribution in [-0.4, -0.2) is 35.0 Å². The fourth-order valence-electron chi connectivity index (χ4n) is 2.05. The molecule has 1 heterocycles. The summed E-state index contributed by atoms with van der Waals surface area (Å²) in [6.45, 7) is 9.95. The van der Waals surface area contributed by atoms with Crippen LogP contribution in [0.3, 0.4) is 0 Å². The summed E-state index contributed by atoms with van der Waals surface area (Å²) in [6, 6.07) is 4.16. The normalized spacial score (nSPS) is 10.6. The maximum absolute atomic E-state index is 11.8.